The molecule has 0 atom stereocenters. The fourth-order valence-electron chi connectivity index (χ4n) is 3.34. The first-order valence-electron chi connectivity index (χ1n) is 9.92. The summed E-state index contributed by atoms with van der Waals surface area (Å²) in [7, 11) is 0. The summed E-state index contributed by atoms with van der Waals surface area (Å²) in [6, 6.07) is 5.96. The van der Waals surface area contributed by atoms with Gasteiger partial charge in [0.1, 0.15) is 17.8 Å². The van der Waals surface area contributed by atoms with Crippen LogP contribution in [0.2, 0.25) is 0 Å². The summed E-state index contributed by atoms with van der Waals surface area (Å²) in [6.07, 6.45) is 2.19. The Balaban J connectivity index is 1.74. The third kappa shape index (κ3) is 5.69. The first kappa shape index (κ1) is 22.5. The van der Waals surface area contributed by atoms with Crippen molar-refractivity contribution in [2.75, 3.05) is 30.3 Å². The number of aromatic hydroxyl groups is 1. The van der Waals surface area contributed by atoms with E-state index in [0.717, 1.165) is 11.9 Å². The van der Waals surface area contributed by atoms with Crippen molar-refractivity contribution in [2.45, 2.75) is 32.4 Å². The van der Waals surface area contributed by atoms with E-state index in [-0.39, 0.29) is 41.9 Å². The van der Waals surface area contributed by atoms with E-state index in [2.05, 4.69) is 15.3 Å². The smallest absolute Gasteiger partial charge is 0.409 e. The highest BCUT2D eigenvalue weighted by atomic mass is 32.1. The maximum Gasteiger partial charge on any atom is 0.409 e. The van der Waals surface area contributed by atoms with Crippen LogP contribution in [0.15, 0.2) is 30.6 Å². The highest BCUT2D eigenvalue weighted by Gasteiger charge is 2.27. The lowest BCUT2D eigenvalue weighted by atomic mass is 10.1. The number of nitrogens with two attached hydrogens (primary N) is 1. The van der Waals surface area contributed by atoms with Crippen LogP contribution in [0.1, 0.15) is 25.3 Å². The molecule has 31 heavy (non-hydrogen) atoms. The molecule has 0 bridgehead atoms. The van der Waals surface area contributed by atoms with Crippen molar-refractivity contribution < 1.29 is 19.0 Å². The van der Waals surface area contributed by atoms with E-state index in [0.29, 0.717) is 37.7 Å². The molecule has 2 heterocycles. The molecule has 0 unspecified atom stereocenters. The Bertz CT molecular complexity index is 901. The fourth-order valence-corrected chi connectivity index (χ4v) is 3.66. The quantitative estimate of drug-likeness (QED) is 0.593. The van der Waals surface area contributed by atoms with E-state index in [1.165, 1.54) is 12.1 Å². The molecule has 11 heteroatoms. The van der Waals surface area contributed by atoms with Gasteiger partial charge in [0.2, 0.25) is 5.88 Å². The highest BCUT2D eigenvalue weighted by Crippen LogP contribution is 2.31. The predicted octanol–water partition coefficient (Wildman–Crippen LogP) is 2.41. The molecular formula is C20H25FN6O3S. The number of anilines is 2. The number of aromatic nitrogens is 2. The molecular weight excluding hydrogens is 423 g/mol. The molecule has 166 valence electrons. The topological polar surface area (TPSA) is 117 Å². The van der Waals surface area contributed by atoms with Crippen LogP contribution in [0.4, 0.5) is 20.7 Å². The number of hydrogen-bond donors (Lipinski definition) is 3. The summed E-state index contributed by atoms with van der Waals surface area (Å²) in [5.41, 5.74) is 6.92. The van der Waals surface area contributed by atoms with Gasteiger partial charge in [0.05, 0.1) is 13.2 Å². The number of thiocarbonyl (C=S) groups is 1. The number of nitrogens with one attached hydrogen (secondary N) is 1. The van der Waals surface area contributed by atoms with E-state index in [1.807, 2.05) is 0 Å². The summed E-state index contributed by atoms with van der Waals surface area (Å²) in [5, 5.41) is 13.9. The van der Waals surface area contributed by atoms with Crippen molar-refractivity contribution in [3.63, 3.8) is 0 Å². The summed E-state index contributed by atoms with van der Waals surface area (Å²) >= 11 is 5.62. The van der Waals surface area contributed by atoms with Gasteiger partial charge in [0.25, 0.3) is 0 Å². The maximum atomic E-state index is 13.3. The van der Waals surface area contributed by atoms with E-state index >= 15 is 0 Å². The molecule has 0 spiro atoms. The summed E-state index contributed by atoms with van der Waals surface area (Å²) in [6.45, 7) is 3.41. The Labute approximate surface area is 185 Å². The van der Waals surface area contributed by atoms with Crippen molar-refractivity contribution in [3.8, 4) is 5.88 Å². The molecule has 0 saturated carbocycles. The fraction of sp³-hybridized carbons (Fsp3) is 0.400. The van der Waals surface area contributed by atoms with Crippen molar-refractivity contribution in [3.05, 3.63) is 42.0 Å². The summed E-state index contributed by atoms with van der Waals surface area (Å²) in [5.74, 6) is -0.596. The van der Waals surface area contributed by atoms with Crippen molar-refractivity contribution >= 4 is 34.9 Å². The van der Waals surface area contributed by atoms with Gasteiger partial charge in [0, 0.05) is 19.1 Å². The average molecular weight is 449 g/mol. The molecule has 1 fully saturated rings. The number of nitrogens with zero attached hydrogens (tertiary/aromatic N) is 4. The highest BCUT2D eigenvalue weighted by molar-refractivity contribution is 7.80. The molecule has 1 aromatic carbocycles. The molecule has 1 aliphatic heterocycles. The lowest BCUT2D eigenvalue weighted by Gasteiger charge is -2.34. The maximum absolute atomic E-state index is 13.3. The number of carbonyl (C=O) groups is 1. The standard InChI is InChI=1S/C20H25FN6O3S/c1-2-30-20(29)26-9-7-15(8-10-26)25-19(31)27(11-13-3-5-14(21)6-4-13)16-17(22)23-12-24-18(16)28/h3-6,12,15H,2,7-11H2,1H3,(H,25,31)(H3,22,23,24,28). The number of benzene rings is 1. The van der Waals surface area contributed by atoms with Gasteiger partial charge in [-0.1, -0.05) is 12.1 Å². The zero-order valence-corrected chi connectivity index (χ0v) is 17.9. The molecule has 1 aromatic heterocycles. The Morgan fingerprint density at radius 1 is 1.35 bits per heavy atom. The molecule has 0 radical (unpaired) electrons. The Morgan fingerprint density at radius 3 is 2.65 bits per heavy atom. The second-order valence-electron chi connectivity index (χ2n) is 7.05. The number of likely N-dealkylation sites (tertiary alicyclic amines) is 1. The monoisotopic (exact) mass is 448 g/mol. The van der Waals surface area contributed by atoms with Gasteiger partial charge >= 0.3 is 6.09 Å². The number of ether oxygens (including phenoxy) is 1. The van der Waals surface area contributed by atoms with Crippen LogP contribution >= 0.6 is 12.2 Å². The number of halogens is 1. The van der Waals surface area contributed by atoms with E-state index < -0.39 is 0 Å². The van der Waals surface area contributed by atoms with Gasteiger partial charge in [-0.15, -0.1) is 0 Å². The lowest BCUT2D eigenvalue weighted by molar-refractivity contribution is 0.0963. The molecule has 4 N–H and O–H groups in total. The predicted molar refractivity (Wildman–Crippen MR) is 118 cm³/mol. The molecule has 0 aliphatic carbocycles. The van der Waals surface area contributed by atoms with Crippen LogP contribution in [-0.2, 0) is 11.3 Å². The number of piperidine rings is 1. The number of rotatable bonds is 5. The van der Waals surface area contributed by atoms with Gasteiger partial charge in [-0.2, -0.15) is 4.98 Å². The van der Waals surface area contributed by atoms with Crippen LogP contribution in [0.3, 0.4) is 0 Å². The second kappa shape index (κ2) is 10.2. The van der Waals surface area contributed by atoms with E-state index in [1.54, 1.807) is 28.9 Å². The van der Waals surface area contributed by atoms with Crippen molar-refractivity contribution in [2.24, 2.45) is 0 Å². The minimum atomic E-state index is -0.352. The van der Waals surface area contributed by atoms with Crippen molar-refractivity contribution in [1.29, 1.82) is 0 Å². The lowest BCUT2D eigenvalue weighted by Crippen LogP contribution is -2.50. The van der Waals surface area contributed by atoms with Gasteiger partial charge < -0.3 is 30.7 Å². The molecule has 9 nitrogen and oxygen atoms in total. The molecule has 1 amide bonds. The zero-order valence-electron chi connectivity index (χ0n) is 17.1. The van der Waals surface area contributed by atoms with Crippen LogP contribution in [0.25, 0.3) is 0 Å². The van der Waals surface area contributed by atoms with Gasteiger partial charge in [-0.3, -0.25) is 0 Å². The third-order valence-corrected chi connectivity index (χ3v) is 5.29. The summed E-state index contributed by atoms with van der Waals surface area (Å²) in [4.78, 5) is 22.9. The van der Waals surface area contributed by atoms with Crippen LogP contribution in [0.5, 0.6) is 5.88 Å². The van der Waals surface area contributed by atoms with E-state index in [9.17, 15) is 14.3 Å². The Kier molecular flexibility index (Phi) is 7.40. The molecule has 1 aliphatic rings. The zero-order chi connectivity index (χ0) is 22.4. The Hall–Kier alpha value is -3.21. The van der Waals surface area contributed by atoms with Crippen LogP contribution in [-0.4, -0.2) is 56.9 Å². The summed E-state index contributed by atoms with van der Waals surface area (Å²) < 4.78 is 18.4. The third-order valence-electron chi connectivity index (χ3n) is 4.95. The molecule has 1 saturated heterocycles. The van der Waals surface area contributed by atoms with Crippen molar-refractivity contribution in [1.82, 2.24) is 20.2 Å². The Morgan fingerprint density at radius 2 is 2.03 bits per heavy atom. The largest absolute Gasteiger partial charge is 0.492 e. The number of carbonyl (C=O) groups excluding carboxylic acids is 1. The average Bonchev–Trinajstić information content (AvgIpc) is 2.75. The first-order valence-corrected chi connectivity index (χ1v) is 10.3. The number of nitrogen functional groups attached to an aromatic ring is 1. The minimum Gasteiger partial charge on any atom is -0.492 e. The minimum absolute atomic E-state index is 0.0156. The SMILES string of the molecule is CCOC(=O)N1CCC(NC(=S)N(Cc2ccc(F)cc2)c2c(N)ncnc2O)CC1. The van der Waals surface area contributed by atoms with Gasteiger partial charge in [-0.05, 0) is 49.7 Å². The number of hydrogen-bond acceptors (Lipinski definition) is 7. The van der Waals surface area contributed by atoms with Crippen LogP contribution in [0, 0.1) is 5.82 Å². The van der Waals surface area contributed by atoms with Gasteiger partial charge in [0.15, 0.2) is 10.9 Å². The molecule has 2 aromatic rings. The first-order chi connectivity index (χ1) is 14.9. The normalized spacial score (nSPS) is 14.2. The van der Waals surface area contributed by atoms with Gasteiger partial charge in [-0.25, -0.2) is 14.2 Å². The molecule has 3 rings (SSSR count). The second-order valence-corrected chi connectivity index (χ2v) is 7.44. The van der Waals surface area contributed by atoms with Crippen LogP contribution < -0.4 is 16.0 Å². The number of amides is 1. The van der Waals surface area contributed by atoms with E-state index in [4.69, 9.17) is 22.7 Å².